The first-order valence-corrected chi connectivity index (χ1v) is 7.18. The molecular weight excluding hydrogens is 297 g/mol. The topological polar surface area (TPSA) is 60.1 Å². The molecule has 0 bridgehead atoms. The van der Waals surface area contributed by atoms with Crippen LogP contribution < -0.4 is 5.32 Å². The molecule has 0 unspecified atom stereocenters. The Morgan fingerprint density at radius 1 is 1.26 bits per heavy atom. The van der Waals surface area contributed by atoms with E-state index in [-0.39, 0.29) is 17.5 Å². The minimum atomic E-state index is -0.317. The van der Waals surface area contributed by atoms with Gasteiger partial charge in [-0.2, -0.15) is 5.10 Å². The highest BCUT2D eigenvalue weighted by Crippen LogP contribution is 2.21. The van der Waals surface area contributed by atoms with Crippen LogP contribution in [0.5, 0.6) is 0 Å². The number of hydrogen-bond donors (Lipinski definition) is 1. The zero-order valence-electron chi connectivity index (χ0n) is 12.8. The molecule has 3 rings (SSSR count). The number of benzene rings is 1. The van der Waals surface area contributed by atoms with Gasteiger partial charge in [-0.1, -0.05) is 12.1 Å². The molecule has 23 heavy (non-hydrogen) atoms. The molecule has 2 heterocycles. The summed E-state index contributed by atoms with van der Waals surface area (Å²) in [5, 5.41) is 7.26. The number of nitrogens with one attached hydrogen (secondary N) is 1. The Morgan fingerprint density at radius 2 is 2.00 bits per heavy atom. The quantitative estimate of drug-likeness (QED) is 0.801. The number of rotatable bonds is 4. The van der Waals surface area contributed by atoms with E-state index in [0.717, 1.165) is 11.3 Å². The summed E-state index contributed by atoms with van der Waals surface area (Å²) >= 11 is 0. The predicted molar refractivity (Wildman–Crippen MR) is 83.9 cm³/mol. The van der Waals surface area contributed by atoms with Crippen LogP contribution >= 0.6 is 0 Å². The zero-order chi connectivity index (χ0) is 16.4. The van der Waals surface area contributed by atoms with Gasteiger partial charge in [0.25, 0.3) is 5.91 Å². The maximum absolute atomic E-state index is 13.0. The molecule has 2 aromatic heterocycles. The Kier molecular flexibility index (Phi) is 3.97. The molecule has 3 aromatic rings. The van der Waals surface area contributed by atoms with Gasteiger partial charge in [0.15, 0.2) is 5.76 Å². The summed E-state index contributed by atoms with van der Waals surface area (Å²) in [5.74, 6) is -0.342. The zero-order valence-corrected chi connectivity index (χ0v) is 12.8. The minimum absolute atomic E-state index is 0.245. The predicted octanol–water partition coefficient (Wildman–Crippen LogP) is 3.53. The van der Waals surface area contributed by atoms with Gasteiger partial charge in [-0.05, 0) is 43.7 Å². The highest BCUT2D eigenvalue weighted by Gasteiger charge is 2.16. The lowest BCUT2D eigenvalue weighted by Gasteiger charge is -2.06. The number of carbonyl (C=O) groups excluding carboxylic acids is 1. The molecule has 0 radical (unpaired) electrons. The highest BCUT2D eigenvalue weighted by molar-refractivity contribution is 6.02. The van der Waals surface area contributed by atoms with Crippen LogP contribution in [0.25, 0.3) is 0 Å². The summed E-state index contributed by atoms with van der Waals surface area (Å²) < 4.78 is 19.8. The van der Waals surface area contributed by atoms with Gasteiger partial charge in [-0.3, -0.25) is 9.48 Å². The minimum Gasteiger partial charge on any atom is -0.459 e. The first kappa shape index (κ1) is 15.0. The van der Waals surface area contributed by atoms with E-state index >= 15 is 0 Å². The molecule has 0 aliphatic carbocycles. The lowest BCUT2D eigenvalue weighted by molar-refractivity contribution is 0.0996. The van der Waals surface area contributed by atoms with E-state index in [0.29, 0.717) is 17.9 Å². The number of aromatic nitrogens is 2. The molecular formula is C17H16FN3O2. The van der Waals surface area contributed by atoms with Gasteiger partial charge in [0.1, 0.15) is 5.82 Å². The number of carbonyl (C=O) groups is 1. The molecule has 0 fully saturated rings. The fraction of sp³-hybridized carbons (Fsp3) is 0.176. The van der Waals surface area contributed by atoms with E-state index in [4.69, 9.17) is 4.42 Å². The SMILES string of the molecule is Cc1nn(Cc2ccc(F)cc2)c(C)c1NC(=O)c1ccco1. The molecule has 1 aromatic carbocycles. The largest absolute Gasteiger partial charge is 0.459 e. The lowest BCUT2D eigenvalue weighted by Crippen LogP contribution is -2.12. The Bertz CT molecular complexity index is 820. The fourth-order valence-electron chi connectivity index (χ4n) is 2.38. The van der Waals surface area contributed by atoms with Crippen molar-refractivity contribution < 1.29 is 13.6 Å². The maximum Gasteiger partial charge on any atom is 0.291 e. The van der Waals surface area contributed by atoms with E-state index in [1.54, 1.807) is 28.9 Å². The number of amides is 1. The van der Waals surface area contributed by atoms with Gasteiger partial charge >= 0.3 is 0 Å². The third-order valence-corrected chi connectivity index (χ3v) is 3.61. The summed E-state index contributed by atoms with van der Waals surface area (Å²) in [4.78, 5) is 12.1. The van der Waals surface area contributed by atoms with Gasteiger partial charge in [0.05, 0.1) is 29.9 Å². The van der Waals surface area contributed by atoms with Crippen LogP contribution in [-0.2, 0) is 6.54 Å². The number of anilines is 1. The van der Waals surface area contributed by atoms with Crippen LogP contribution in [0.1, 0.15) is 27.5 Å². The van der Waals surface area contributed by atoms with Crippen molar-refractivity contribution in [3.63, 3.8) is 0 Å². The van der Waals surface area contributed by atoms with Crippen molar-refractivity contribution in [2.24, 2.45) is 0 Å². The molecule has 0 saturated carbocycles. The van der Waals surface area contributed by atoms with Crippen molar-refractivity contribution in [1.29, 1.82) is 0 Å². The average molecular weight is 313 g/mol. The standard InChI is InChI=1S/C17H16FN3O2/c1-11-16(19-17(22)15-4-3-9-23-15)12(2)21(20-11)10-13-5-7-14(18)8-6-13/h3-9H,10H2,1-2H3,(H,19,22). The van der Waals surface area contributed by atoms with Crippen molar-refractivity contribution >= 4 is 11.6 Å². The molecule has 0 aliphatic heterocycles. The number of hydrogen-bond acceptors (Lipinski definition) is 3. The number of nitrogens with zero attached hydrogens (tertiary/aromatic N) is 2. The van der Waals surface area contributed by atoms with E-state index in [9.17, 15) is 9.18 Å². The Hall–Kier alpha value is -2.89. The van der Waals surface area contributed by atoms with Gasteiger partial charge in [-0.25, -0.2) is 4.39 Å². The smallest absolute Gasteiger partial charge is 0.291 e. The molecule has 0 aliphatic rings. The van der Waals surface area contributed by atoms with E-state index < -0.39 is 0 Å². The molecule has 5 nitrogen and oxygen atoms in total. The first-order valence-electron chi connectivity index (χ1n) is 7.18. The normalized spacial score (nSPS) is 10.7. The van der Waals surface area contributed by atoms with E-state index in [1.165, 1.54) is 18.4 Å². The Labute approximate surface area is 132 Å². The van der Waals surface area contributed by atoms with Crippen molar-refractivity contribution in [3.05, 3.63) is 71.2 Å². The summed E-state index contributed by atoms with van der Waals surface area (Å²) in [7, 11) is 0. The Morgan fingerprint density at radius 3 is 2.65 bits per heavy atom. The molecule has 0 saturated heterocycles. The third kappa shape index (κ3) is 3.15. The second-order valence-electron chi connectivity index (χ2n) is 5.26. The van der Waals surface area contributed by atoms with Gasteiger partial charge in [0.2, 0.25) is 0 Å². The highest BCUT2D eigenvalue weighted by atomic mass is 19.1. The monoisotopic (exact) mass is 313 g/mol. The molecule has 1 amide bonds. The number of furan rings is 1. The molecule has 1 N–H and O–H groups in total. The summed E-state index contributed by atoms with van der Waals surface area (Å²) in [5.41, 5.74) is 3.13. The second kappa shape index (κ2) is 6.08. The summed E-state index contributed by atoms with van der Waals surface area (Å²) in [6, 6.07) is 9.52. The molecule has 0 spiro atoms. The van der Waals surface area contributed by atoms with Crippen molar-refractivity contribution in [1.82, 2.24) is 9.78 Å². The lowest BCUT2D eigenvalue weighted by atomic mass is 10.2. The van der Waals surface area contributed by atoms with E-state index in [1.807, 2.05) is 13.8 Å². The van der Waals surface area contributed by atoms with Gasteiger partial charge < -0.3 is 9.73 Å². The maximum atomic E-state index is 13.0. The van der Waals surface area contributed by atoms with Gasteiger partial charge in [0, 0.05) is 0 Å². The van der Waals surface area contributed by atoms with Crippen molar-refractivity contribution in [2.75, 3.05) is 5.32 Å². The third-order valence-electron chi connectivity index (χ3n) is 3.61. The average Bonchev–Trinajstić information content (AvgIpc) is 3.14. The second-order valence-corrected chi connectivity index (χ2v) is 5.26. The summed E-state index contributed by atoms with van der Waals surface area (Å²) in [6.45, 7) is 4.21. The number of aryl methyl sites for hydroxylation is 1. The van der Waals surface area contributed by atoms with Crippen LogP contribution in [0.15, 0.2) is 47.1 Å². The van der Waals surface area contributed by atoms with Crippen LogP contribution in [0.2, 0.25) is 0 Å². The molecule has 118 valence electrons. The number of halogens is 1. The molecule has 0 atom stereocenters. The first-order chi connectivity index (χ1) is 11.0. The molecule has 6 heteroatoms. The van der Waals surface area contributed by atoms with Crippen LogP contribution in [0, 0.1) is 19.7 Å². The van der Waals surface area contributed by atoms with Crippen LogP contribution in [0.3, 0.4) is 0 Å². The van der Waals surface area contributed by atoms with Crippen LogP contribution in [-0.4, -0.2) is 15.7 Å². The van der Waals surface area contributed by atoms with E-state index in [2.05, 4.69) is 10.4 Å². The van der Waals surface area contributed by atoms with Crippen molar-refractivity contribution in [3.8, 4) is 0 Å². The van der Waals surface area contributed by atoms with Crippen LogP contribution in [0.4, 0.5) is 10.1 Å². The Balaban J connectivity index is 1.81. The van der Waals surface area contributed by atoms with Gasteiger partial charge in [-0.15, -0.1) is 0 Å². The fourth-order valence-corrected chi connectivity index (χ4v) is 2.38. The summed E-state index contributed by atoms with van der Waals surface area (Å²) in [6.07, 6.45) is 1.45. The van der Waals surface area contributed by atoms with Crippen molar-refractivity contribution in [2.45, 2.75) is 20.4 Å².